The highest BCUT2D eigenvalue weighted by molar-refractivity contribution is 7.99. The third kappa shape index (κ3) is 4.64. The maximum absolute atomic E-state index is 9.78. The molecule has 0 amide bonds. The Morgan fingerprint density at radius 3 is 2.33 bits per heavy atom. The first kappa shape index (κ1) is 20.1. The van der Waals surface area contributed by atoms with Crippen LogP contribution in [0.2, 0.25) is 0 Å². The molecule has 5 heteroatoms. The average Bonchev–Trinajstić information content (AvgIpc) is 2.88. The average molecular weight is 459 g/mol. The molecule has 4 nitrogen and oxygen atoms in total. The van der Waals surface area contributed by atoms with Crippen LogP contribution in [0.5, 0.6) is 23.0 Å². The second-order valence-corrected chi connectivity index (χ2v) is 9.26. The van der Waals surface area contributed by atoms with Crippen molar-refractivity contribution in [3.63, 3.8) is 0 Å². The molecule has 2 N–H and O–H groups in total. The zero-order valence-corrected chi connectivity index (χ0v) is 18.9. The van der Waals surface area contributed by atoms with E-state index in [1.807, 2.05) is 67.6 Å². The Hall–Kier alpha value is -3.57. The van der Waals surface area contributed by atoms with Crippen molar-refractivity contribution in [3.05, 3.63) is 113 Å². The summed E-state index contributed by atoms with van der Waals surface area (Å²) < 4.78 is 19.8. The van der Waals surface area contributed by atoms with Gasteiger partial charge in [-0.25, -0.2) is 0 Å². The molecule has 0 bridgehead atoms. The fourth-order valence-corrected chi connectivity index (χ4v) is 5.29. The van der Waals surface area contributed by atoms with Gasteiger partial charge in [0, 0.05) is 6.07 Å². The zero-order valence-electron chi connectivity index (χ0n) is 19.1. The first-order chi connectivity index (χ1) is 16.6. The van der Waals surface area contributed by atoms with Gasteiger partial charge in [-0.15, -0.1) is 11.8 Å². The molecule has 0 aliphatic carbocycles. The first-order valence-electron chi connectivity index (χ1n) is 11.2. The van der Waals surface area contributed by atoms with Crippen molar-refractivity contribution in [3.8, 4) is 23.0 Å². The van der Waals surface area contributed by atoms with Crippen LogP contribution >= 0.6 is 11.8 Å². The van der Waals surface area contributed by atoms with E-state index in [0.717, 1.165) is 38.6 Å². The molecule has 1 heterocycles. The summed E-state index contributed by atoms with van der Waals surface area (Å²) in [6.45, 7) is 2.53. The molecule has 0 saturated carbocycles. The van der Waals surface area contributed by atoms with Crippen molar-refractivity contribution in [2.24, 2.45) is 0 Å². The molecule has 0 aromatic heterocycles. The van der Waals surface area contributed by atoms with E-state index in [2.05, 4.69) is 11.2 Å². The normalized spacial score (nSPS) is 17.4. The molecular weight excluding hydrogens is 432 g/mol. The Labute approximate surface area is 198 Å². The Bertz CT molecular complexity index is 1260. The van der Waals surface area contributed by atoms with Crippen molar-refractivity contribution in [1.29, 1.82) is 1.43 Å². The maximum Gasteiger partial charge on any atom is 0.293 e. The number of hydrogen-bond acceptors (Lipinski definition) is 5. The lowest BCUT2D eigenvalue weighted by atomic mass is 10.00. The lowest BCUT2D eigenvalue weighted by Crippen LogP contribution is -2.19. The van der Waals surface area contributed by atoms with Crippen molar-refractivity contribution in [2.75, 3.05) is 0 Å². The number of phenolic OH excluding ortho intramolecular Hbond substituents is 2. The van der Waals surface area contributed by atoms with Gasteiger partial charge in [-0.05, 0) is 59.5 Å². The minimum Gasteiger partial charge on any atom is -0.508 e. The highest BCUT2D eigenvalue weighted by atomic mass is 32.2. The van der Waals surface area contributed by atoms with Crippen LogP contribution in [-0.2, 0) is 6.61 Å². The highest BCUT2D eigenvalue weighted by Gasteiger charge is 2.34. The van der Waals surface area contributed by atoms with Crippen LogP contribution in [0.1, 0.15) is 33.6 Å². The quantitative estimate of drug-likeness (QED) is 0.327. The molecule has 4 aromatic carbocycles. The smallest absolute Gasteiger partial charge is 0.293 e. The minimum atomic E-state index is -0.273. The second kappa shape index (κ2) is 9.12. The molecule has 2 atom stereocenters. The fourth-order valence-electron chi connectivity index (χ4n) is 3.92. The van der Waals surface area contributed by atoms with Gasteiger partial charge in [-0.3, -0.25) is 0 Å². The van der Waals surface area contributed by atoms with Gasteiger partial charge >= 0.3 is 0 Å². The molecule has 5 rings (SSSR count). The summed E-state index contributed by atoms with van der Waals surface area (Å²) in [6.07, 6.45) is -0.273. The molecule has 1 aliphatic heterocycles. The molecule has 0 spiro atoms. The van der Waals surface area contributed by atoms with Gasteiger partial charge < -0.3 is 19.7 Å². The molecule has 166 valence electrons. The summed E-state index contributed by atoms with van der Waals surface area (Å²) in [5.74, 6) is 2.28. The highest BCUT2D eigenvalue weighted by Crippen LogP contribution is 2.54. The lowest BCUT2D eigenvalue weighted by molar-refractivity contribution is 0.189. The molecule has 0 radical (unpaired) electrons. The fraction of sp³-hybridized carbons (Fsp3) is 0.143. The van der Waals surface area contributed by atoms with Crippen LogP contribution in [0.4, 0.5) is 0 Å². The van der Waals surface area contributed by atoms with Crippen LogP contribution in [0.25, 0.3) is 0 Å². The van der Waals surface area contributed by atoms with E-state index < -0.39 is 0 Å². The monoisotopic (exact) mass is 458 g/mol. The van der Waals surface area contributed by atoms with Gasteiger partial charge in [0.05, 0.1) is 10.1 Å². The number of aryl methyl sites for hydroxylation is 1. The van der Waals surface area contributed by atoms with Gasteiger partial charge in [-0.1, -0.05) is 54.6 Å². The lowest BCUT2D eigenvalue weighted by Gasteiger charge is -2.34. The van der Waals surface area contributed by atoms with Crippen LogP contribution in [0, 0.1) is 6.92 Å². The largest absolute Gasteiger partial charge is 0.508 e. The SMILES string of the molecule is [3H]Oc1ccc([C@@H]2Sc3cc(C)c(OCc4ccccc4)cc3O[C@@H]2c2ccc(O)cc2)cc1. The Kier molecular flexibility index (Phi) is 5.55. The Morgan fingerprint density at radius 2 is 1.61 bits per heavy atom. The molecule has 1 aliphatic rings. The van der Waals surface area contributed by atoms with Gasteiger partial charge in [0.25, 0.3) is 1.43 Å². The van der Waals surface area contributed by atoms with Crippen molar-refractivity contribution in [2.45, 2.75) is 29.8 Å². The number of rotatable bonds is 6. The van der Waals surface area contributed by atoms with Crippen LogP contribution in [0.15, 0.2) is 95.9 Å². The molecule has 0 fully saturated rings. The Balaban J connectivity index is 1.48. The summed E-state index contributed by atoms with van der Waals surface area (Å²) in [5.41, 5.74) is 4.19. The molecule has 4 aromatic rings. The summed E-state index contributed by atoms with van der Waals surface area (Å²) >= 11 is 1.74. The Morgan fingerprint density at radius 1 is 0.909 bits per heavy atom. The minimum absolute atomic E-state index is 0.0210. The van der Waals surface area contributed by atoms with E-state index >= 15 is 0 Å². The molecule has 0 unspecified atom stereocenters. The number of phenols is 2. The number of aromatic hydroxyl groups is 2. The van der Waals surface area contributed by atoms with Gasteiger partial charge in [0.15, 0.2) is 0 Å². The predicted octanol–water partition coefficient (Wildman–Crippen LogP) is 6.95. The topological polar surface area (TPSA) is 58.9 Å². The maximum atomic E-state index is 9.78. The predicted molar refractivity (Wildman–Crippen MR) is 130 cm³/mol. The van der Waals surface area contributed by atoms with E-state index in [-0.39, 0.29) is 17.1 Å². The second-order valence-electron chi connectivity index (χ2n) is 8.08. The number of fused-ring (bicyclic) bond motifs is 1. The zero-order chi connectivity index (χ0) is 23.5. The van der Waals surface area contributed by atoms with Gasteiger partial charge in [0.2, 0.25) is 0 Å². The van der Waals surface area contributed by atoms with Crippen LogP contribution < -0.4 is 9.47 Å². The van der Waals surface area contributed by atoms with E-state index in [0.29, 0.717) is 12.4 Å². The van der Waals surface area contributed by atoms with Crippen LogP contribution in [-0.4, -0.2) is 11.6 Å². The van der Waals surface area contributed by atoms with Crippen molar-refractivity contribution in [1.82, 2.24) is 0 Å². The number of thioether (sulfide) groups is 1. The van der Waals surface area contributed by atoms with Gasteiger partial charge in [-0.2, -0.15) is 0 Å². The standard InChI is InChI=1S/C28H24O4S/c1-18-15-26-25(16-24(18)31-17-19-5-3-2-4-6-19)32-27(20-7-11-22(29)12-8-20)28(33-26)21-9-13-23(30)14-10-21/h2-16,27-30H,17H2,1H3/t27-,28+/m1/s1/i/hT. The molecular formula is C28H24O4S. The van der Waals surface area contributed by atoms with E-state index in [4.69, 9.17) is 10.9 Å². The molecule has 0 saturated heterocycles. The number of ether oxygens (including phenoxy) is 2. The van der Waals surface area contributed by atoms with Gasteiger partial charge in [0.1, 0.15) is 35.7 Å². The van der Waals surface area contributed by atoms with E-state index in [9.17, 15) is 5.11 Å². The summed E-state index contributed by atoms with van der Waals surface area (Å²) in [4.78, 5) is 1.05. The summed E-state index contributed by atoms with van der Waals surface area (Å²) in [7, 11) is 0. The van der Waals surface area contributed by atoms with Crippen LogP contribution in [0.3, 0.4) is 0 Å². The summed E-state index contributed by atoms with van der Waals surface area (Å²) in [5, 5.41) is 14.3. The van der Waals surface area contributed by atoms with Crippen molar-refractivity contribution >= 4 is 11.8 Å². The third-order valence-electron chi connectivity index (χ3n) is 5.69. The molecule has 33 heavy (non-hydrogen) atoms. The number of benzene rings is 4. The first-order valence-corrected chi connectivity index (χ1v) is 11.7. The summed E-state index contributed by atoms with van der Waals surface area (Å²) in [6, 6.07) is 28.8. The van der Waals surface area contributed by atoms with E-state index in [1.54, 1.807) is 36.0 Å². The third-order valence-corrected chi connectivity index (χ3v) is 7.04. The van der Waals surface area contributed by atoms with Crippen molar-refractivity contribution < 1.29 is 19.7 Å². The van der Waals surface area contributed by atoms with E-state index in [1.165, 1.54) is 0 Å². The number of hydrogen-bond donors (Lipinski definition) is 2.